The highest BCUT2D eigenvalue weighted by Crippen LogP contribution is 2.24. The fourth-order valence-electron chi connectivity index (χ4n) is 4.67. The molecule has 10 heteroatoms. The fraction of sp³-hybridized carbons (Fsp3) is 0.355. The molecule has 0 aliphatic heterocycles. The van der Waals surface area contributed by atoms with Crippen molar-refractivity contribution in [2.45, 2.75) is 65.7 Å². The molecule has 0 aliphatic rings. The van der Waals surface area contributed by atoms with Gasteiger partial charge in [-0.2, -0.15) is 0 Å². The number of amidine groups is 1. The van der Waals surface area contributed by atoms with Crippen LogP contribution in [-0.2, 0) is 12.8 Å². The Bertz CT molecular complexity index is 1550. The summed E-state index contributed by atoms with van der Waals surface area (Å²) in [6.07, 6.45) is 9.04. The van der Waals surface area contributed by atoms with Crippen LogP contribution in [0, 0.1) is 0 Å². The summed E-state index contributed by atoms with van der Waals surface area (Å²) in [5, 5.41) is 12.3. The molecule has 0 saturated carbocycles. The second-order valence-corrected chi connectivity index (χ2v) is 10.1. The van der Waals surface area contributed by atoms with Crippen LogP contribution in [0.2, 0.25) is 0 Å². The highest BCUT2D eigenvalue weighted by Gasteiger charge is 2.21. The molecular weight excluding hydrogens is 518 g/mol. The molecule has 0 spiro atoms. The van der Waals surface area contributed by atoms with E-state index in [1.807, 2.05) is 51.1 Å². The van der Waals surface area contributed by atoms with Crippen molar-refractivity contribution in [3.05, 3.63) is 93.6 Å². The van der Waals surface area contributed by atoms with E-state index < -0.39 is 0 Å². The van der Waals surface area contributed by atoms with Crippen LogP contribution in [0.4, 0.5) is 0 Å². The number of unbranched alkanes of at least 4 members (excludes halogenated alkanes) is 2. The van der Waals surface area contributed by atoms with Crippen LogP contribution < -0.4 is 16.0 Å². The van der Waals surface area contributed by atoms with Gasteiger partial charge in [-0.3, -0.25) is 9.78 Å². The van der Waals surface area contributed by atoms with Crippen molar-refractivity contribution in [2.24, 2.45) is 10.9 Å². The second-order valence-electron chi connectivity index (χ2n) is 10.1. The Morgan fingerprint density at radius 2 is 1.80 bits per heavy atom. The predicted molar refractivity (Wildman–Crippen MR) is 159 cm³/mol. The van der Waals surface area contributed by atoms with E-state index in [0.29, 0.717) is 47.8 Å². The van der Waals surface area contributed by atoms with Gasteiger partial charge in [0.15, 0.2) is 11.6 Å². The van der Waals surface area contributed by atoms with Gasteiger partial charge in [0.1, 0.15) is 5.82 Å². The molecule has 0 fully saturated rings. The molecule has 0 saturated heterocycles. The van der Waals surface area contributed by atoms with E-state index in [9.17, 15) is 10.0 Å². The SMILES string of the molecule is CCCCCc1nc(C(C)C)n(-c2ncc(OCC)cn2)c(=O)c1Cc1ccc(-c2ccccc2C(N)=NO)nc1. The number of nitrogens with zero attached hydrogens (tertiary/aromatic N) is 6. The number of ether oxygens (including phenoxy) is 1. The number of aryl methyl sites for hydroxylation is 1. The molecule has 1 aromatic carbocycles. The van der Waals surface area contributed by atoms with Crippen molar-refractivity contribution in [3.63, 3.8) is 0 Å². The minimum atomic E-state index is -0.180. The van der Waals surface area contributed by atoms with Crippen LogP contribution in [0.3, 0.4) is 0 Å². The maximum absolute atomic E-state index is 14.1. The van der Waals surface area contributed by atoms with Gasteiger partial charge < -0.3 is 15.7 Å². The first-order chi connectivity index (χ1) is 19.9. The summed E-state index contributed by atoms with van der Waals surface area (Å²) < 4.78 is 7.01. The average Bonchev–Trinajstić information content (AvgIpc) is 2.99. The number of rotatable bonds is 12. The quantitative estimate of drug-likeness (QED) is 0.0816. The van der Waals surface area contributed by atoms with Crippen molar-refractivity contribution >= 4 is 5.84 Å². The van der Waals surface area contributed by atoms with Gasteiger partial charge in [0.05, 0.1) is 30.4 Å². The fourth-order valence-corrected chi connectivity index (χ4v) is 4.67. The Morgan fingerprint density at radius 1 is 1.05 bits per heavy atom. The topological polar surface area (TPSA) is 141 Å². The third-order valence-corrected chi connectivity index (χ3v) is 6.74. The van der Waals surface area contributed by atoms with Crippen LogP contribution in [0.25, 0.3) is 17.2 Å². The zero-order valence-corrected chi connectivity index (χ0v) is 24.0. The first kappa shape index (κ1) is 29.4. The minimum absolute atomic E-state index is 0.0107. The first-order valence-corrected chi connectivity index (χ1v) is 14.0. The smallest absolute Gasteiger partial charge is 0.264 e. The molecule has 0 aliphatic carbocycles. The van der Waals surface area contributed by atoms with Crippen LogP contribution in [0.5, 0.6) is 5.75 Å². The van der Waals surface area contributed by atoms with Gasteiger partial charge in [0.25, 0.3) is 5.56 Å². The van der Waals surface area contributed by atoms with E-state index in [2.05, 4.69) is 27.0 Å². The summed E-state index contributed by atoms with van der Waals surface area (Å²) >= 11 is 0. The molecule has 4 rings (SSSR count). The third-order valence-electron chi connectivity index (χ3n) is 6.74. The van der Waals surface area contributed by atoms with Crippen LogP contribution in [0.1, 0.15) is 81.1 Å². The van der Waals surface area contributed by atoms with Gasteiger partial charge >= 0.3 is 0 Å². The van der Waals surface area contributed by atoms with E-state index in [4.69, 9.17) is 15.5 Å². The molecule has 0 amide bonds. The molecule has 41 heavy (non-hydrogen) atoms. The van der Waals surface area contributed by atoms with E-state index in [-0.39, 0.29) is 23.3 Å². The number of hydrogen-bond acceptors (Lipinski definition) is 8. The molecule has 10 nitrogen and oxygen atoms in total. The Balaban J connectivity index is 1.77. The molecule has 0 bridgehead atoms. The standard InChI is InChI=1S/C31H37N7O3/c1-5-7-8-13-27-25(16-21-14-15-26(33-17-21)23-11-9-10-12-24(23)28(32)37-40)30(39)38(29(36-27)20(3)4)31-34-18-22(19-35-31)41-6-2/h9-12,14-15,17-20,40H,5-8,13,16H2,1-4H3,(H2,32,37). The molecule has 0 radical (unpaired) electrons. The summed E-state index contributed by atoms with van der Waals surface area (Å²) in [4.78, 5) is 32.7. The molecule has 3 heterocycles. The zero-order chi connectivity index (χ0) is 29.4. The lowest BCUT2D eigenvalue weighted by Crippen LogP contribution is -2.31. The molecule has 0 atom stereocenters. The largest absolute Gasteiger partial charge is 0.491 e. The number of hydrogen-bond donors (Lipinski definition) is 2. The van der Waals surface area contributed by atoms with E-state index in [0.717, 1.165) is 36.1 Å². The van der Waals surface area contributed by atoms with E-state index in [1.54, 1.807) is 24.7 Å². The highest BCUT2D eigenvalue weighted by atomic mass is 16.5. The number of nitrogens with two attached hydrogens (primary N) is 1. The van der Waals surface area contributed by atoms with Crippen LogP contribution in [-0.4, -0.2) is 42.2 Å². The molecule has 0 unspecified atom stereocenters. The average molecular weight is 556 g/mol. The van der Waals surface area contributed by atoms with Gasteiger partial charge in [0.2, 0.25) is 5.95 Å². The minimum Gasteiger partial charge on any atom is -0.491 e. The van der Waals surface area contributed by atoms with E-state index >= 15 is 0 Å². The Labute approximate surface area is 240 Å². The lowest BCUT2D eigenvalue weighted by Gasteiger charge is -2.18. The lowest BCUT2D eigenvalue weighted by molar-refractivity contribution is 0.318. The second kappa shape index (κ2) is 13.6. The van der Waals surface area contributed by atoms with E-state index in [1.165, 1.54) is 4.57 Å². The van der Waals surface area contributed by atoms with Gasteiger partial charge in [-0.1, -0.05) is 69.1 Å². The van der Waals surface area contributed by atoms with Gasteiger partial charge in [-0.25, -0.2) is 19.5 Å². The Kier molecular flexibility index (Phi) is 9.78. The summed E-state index contributed by atoms with van der Waals surface area (Å²) in [6.45, 7) is 8.56. The third kappa shape index (κ3) is 6.77. The van der Waals surface area contributed by atoms with Crippen molar-refractivity contribution in [3.8, 4) is 23.0 Å². The number of oxime groups is 1. The monoisotopic (exact) mass is 555 g/mol. The summed E-state index contributed by atoms with van der Waals surface area (Å²) in [7, 11) is 0. The van der Waals surface area contributed by atoms with Crippen molar-refractivity contribution < 1.29 is 9.94 Å². The summed E-state index contributed by atoms with van der Waals surface area (Å²) in [6, 6.07) is 11.1. The van der Waals surface area contributed by atoms with Crippen LogP contribution >= 0.6 is 0 Å². The molecule has 214 valence electrons. The summed E-state index contributed by atoms with van der Waals surface area (Å²) in [5.74, 6) is 1.43. The van der Waals surface area contributed by atoms with Crippen molar-refractivity contribution in [1.82, 2.24) is 24.5 Å². The number of benzene rings is 1. The zero-order valence-electron chi connectivity index (χ0n) is 24.0. The van der Waals surface area contributed by atoms with Crippen LogP contribution in [0.15, 0.2) is 64.9 Å². The number of pyridine rings is 1. The number of aromatic nitrogens is 5. The van der Waals surface area contributed by atoms with Gasteiger partial charge in [-0.15, -0.1) is 0 Å². The maximum atomic E-state index is 14.1. The Hall–Kier alpha value is -4.60. The predicted octanol–water partition coefficient (Wildman–Crippen LogP) is 5.02. The molecular formula is C31H37N7O3. The van der Waals surface area contributed by atoms with Crippen molar-refractivity contribution in [1.29, 1.82) is 0 Å². The highest BCUT2D eigenvalue weighted by molar-refractivity contribution is 6.02. The molecule has 3 aromatic heterocycles. The first-order valence-electron chi connectivity index (χ1n) is 14.0. The van der Waals surface area contributed by atoms with Gasteiger partial charge in [0, 0.05) is 35.2 Å². The van der Waals surface area contributed by atoms with Crippen molar-refractivity contribution in [2.75, 3.05) is 6.61 Å². The normalized spacial score (nSPS) is 11.7. The maximum Gasteiger partial charge on any atom is 0.264 e. The van der Waals surface area contributed by atoms with Gasteiger partial charge in [-0.05, 0) is 31.4 Å². The summed E-state index contributed by atoms with van der Waals surface area (Å²) in [5.41, 5.74) is 9.97. The lowest BCUT2D eigenvalue weighted by atomic mass is 9.99. The Morgan fingerprint density at radius 3 is 2.44 bits per heavy atom. The molecule has 3 N–H and O–H groups in total. The molecule has 4 aromatic rings.